The Labute approximate surface area is 123 Å². The highest BCUT2D eigenvalue weighted by Gasteiger charge is 2.25. The number of hydrogen-bond acceptors (Lipinski definition) is 5. The van der Waals surface area contributed by atoms with E-state index in [1.54, 1.807) is 19.1 Å². The van der Waals surface area contributed by atoms with Crippen LogP contribution in [0, 0.1) is 10.1 Å². The predicted octanol–water partition coefficient (Wildman–Crippen LogP) is 1.52. The number of hydrogen-bond donors (Lipinski definition) is 2. The number of carbonyl (C=O) groups is 1. The number of primary amides is 1. The van der Waals surface area contributed by atoms with Gasteiger partial charge in [0.1, 0.15) is 0 Å². The number of benzene rings is 1. The molecule has 0 spiro atoms. The summed E-state index contributed by atoms with van der Waals surface area (Å²) in [5.41, 5.74) is 10.6. The first-order chi connectivity index (χ1) is 9.77. The summed E-state index contributed by atoms with van der Waals surface area (Å²) in [5, 5.41) is 11.0. The first kappa shape index (κ1) is 16.9. The average Bonchev–Trinajstić information content (AvgIpc) is 2.43. The smallest absolute Gasteiger partial charge is 0.311 e. The topological polar surface area (TPSA) is 121 Å². The molecule has 0 aromatic heterocycles. The highest BCUT2D eigenvalue weighted by Crippen LogP contribution is 2.28. The van der Waals surface area contributed by atoms with Crippen LogP contribution < -0.4 is 16.2 Å². The number of rotatable bonds is 8. The molecular weight excluding hydrogens is 274 g/mol. The van der Waals surface area contributed by atoms with Crippen LogP contribution in [0.25, 0.3) is 0 Å². The molecule has 1 atom stereocenters. The number of nitro benzene ring substituents is 1. The standard InChI is InChI=1S/C14H21N3O4/c1-3-10-5-6-12(11(9-10)17(19)20)21-8-4-7-14(2,16)13(15)18/h5-6,9H,3-4,7-8,16H2,1-2H3,(H2,15,18). The molecule has 0 heterocycles. The molecule has 0 radical (unpaired) electrons. The molecule has 0 saturated heterocycles. The van der Waals surface area contributed by atoms with Crippen molar-refractivity contribution in [3.05, 3.63) is 33.9 Å². The maximum absolute atomic E-state index is 11.1. The maximum atomic E-state index is 11.1. The summed E-state index contributed by atoms with van der Waals surface area (Å²) in [6, 6.07) is 4.89. The summed E-state index contributed by atoms with van der Waals surface area (Å²) in [6.07, 6.45) is 1.54. The van der Waals surface area contributed by atoms with Gasteiger partial charge in [0.15, 0.2) is 5.75 Å². The van der Waals surface area contributed by atoms with Crippen LogP contribution in [-0.4, -0.2) is 23.0 Å². The van der Waals surface area contributed by atoms with Gasteiger partial charge in [-0.3, -0.25) is 14.9 Å². The highest BCUT2D eigenvalue weighted by molar-refractivity contribution is 5.83. The normalized spacial score (nSPS) is 13.5. The number of carbonyl (C=O) groups excluding carboxylic acids is 1. The van der Waals surface area contributed by atoms with E-state index < -0.39 is 16.4 Å². The fourth-order valence-electron chi connectivity index (χ4n) is 1.79. The Hall–Kier alpha value is -2.15. The molecule has 0 fully saturated rings. The Bertz CT molecular complexity index is 529. The van der Waals surface area contributed by atoms with Crippen LogP contribution in [0.15, 0.2) is 18.2 Å². The molecule has 0 aliphatic carbocycles. The van der Waals surface area contributed by atoms with E-state index in [1.807, 2.05) is 6.92 Å². The molecule has 21 heavy (non-hydrogen) atoms. The third-order valence-corrected chi connectivity index (χ3v) is 3.29. The van der Waals surface area contributed by atoms with Gasteiger partial charge in [-0.1, -0.05) is 13.0 Å². The largest absolute Gasteiger partial charge is 0.487 e. The van der Waals surface area contributed by atoms with Gasteiger partial charge in [-0.05, 0) is 37.8 Å². The Kier molecular flexibility index (Phi) is 5.66. The molecular formula is C14H21N3O4. The number of amides is 1. The lowest BCUT2D eigenvalue weighted by molar-refractivity contribution is -0.385. The first-order valence-electron chi connectivity index (χ1n) is 6.77. The van der Waals surface area contributed by atoms with Gasteiger partial charge in [0, 0.05) is 6.07 Å². The van der Waals surface area contributed by atoms with Crippen LogP contribution in [0.3, 0.4) is 0 Å². The zero-order valence-corrected chi connectivity index (χ0v) is 12.3. The van der Waals surface area contributed by atoms with Crippen molar-refractivity contribution in [1.82, 2.24) is 0 Å². The van der Waals surface area contributed by atoms with Crippen molar-refractivity contribution >= 4 is 11.6 Å². The Morgan fingerprint density at radius 3 is 2.67 bits per heavy atom. The lowest BCUT2D eigenvalue weighted by Crippen LogP contribution is -2.49. The van der Waals surface area contributed by atoms with Crippen molar-refractivity contribution in [2.24, 2.45) is 11.5 Å². The Morgan fingerprint density at radius 2 is 2.14 bits per heavy atom. The maximum Gasteiger partial charge on any atom is 0.311 e. The second-order valence-electron chi connectivity index (χ2n) is 5.15. The molecule has 1 rings (SSSR count). The van der Waals surface area contributed by atoms with Crippen molar-refractivity contribution in [2.75, 3.05) is 6.61 Å². The van der Waals surface area contributed by atoms with Crippen LogP contribution in [-0.2, 0) is 11.2 Å². The molecule has 0 aliphatic heterocycles. The Balaban J connectivity index is 2.64. The minimum atomic E-state index is -1.10. The fraction of sp³-hybridized carbons (Fsp3) is 0.500. The van der Waals surface area contributed by atoms with Crippen LogP contribution in [0.2, 0.25) is 0 Å². The molecule has 7 nitrogen and oxygen atoms in total. The number of nitrogens with two attached hydrogens (primary N) is 2. The van der Waals surface area contributed by atoms with Crippen molar-refractivity contribution in [2.45, 2.75) is 38.6 Å². The zero-order valence-electron chi connectivity index (χ0n) is 12.3. The zero-order chi connectivity index (χ0) is 16.0. The molecule has 0 bridgehead atoms. The van der Waals surface area contributed by atoms with E-state index >= 15 is 0 Å². The lowest BCUT2D eigenvalue weighted by atomic mass is 9.97. The molecule has 1 unspecified atom stereocenters. The second kappa shape index (κ2) is 7.03. The Morgan fingerprint density at radius 1 is 1.48 bits per heavy atom. The van der Waals surface area contributed by atoms with Gasteiger partial charge in [0.2, 0.25) is 5.91 Å². The quantitative estimate of drug-likeness (QED) is 0.428. The van der Waals surface area contributed by atoms with E-state index in [4.69, 9.17) is 16.2 Å². The number of ether oxygens (including phenoxy) is 1. The van der Waals surface area contributed by atoms with E-state index in [1.165, 1.54) is 6.07 Å². The van der Waals surface area contributed by atoms with E-state index in [0.29, 0.717) is 19.3 Å². The third-order valence-electron chi connectivity index (χ3n) is 3.29. The SMILES string of the molecule is CCc1ccc(OCCCC(C)(N)C(N)=O)c([N+](=O)[O-])c1. The predicted molar refractivity (Wildman–Crippen MR) is 79.0 cm³/mol. The summed E-state index contributed by atoms with van der Waals surface area (Å²) in [7, 11) is 0. The fourth-order valence-corrected chi connectivity index (χ4v) is 1.79. The summed E-state index contributed by atoms with van der Waals surface area (Å²) in [6.45, 7) is 3.70. The molecule has 1 aromatic rings. The van der Waals surface area contributed by atoms with E-state index in [-0.39, 0.29) is 18.0 Å². The van der Waals surface area contributed by atoms with Gasteiger partial charge >= 0.3 is 5.69 Å². The van der Waals surface area contributed by atoms with Gasteiger partial charge in [-0.15, -0.1) is 0 Å². The molecule has 1 amide bonds. The highest BCUT2D eigenvalue weighted by atomic mass is 16.6. The van der Waals surface area contributed by atoms with E-state index in [2.05, 4.69) is 0 Å². The number of nitro groups is 1. The molecule has 4 N–H and O–H groups in total. The van der Waals surface area contributed by atoms with E-state index in [0.717, 1.165) is 5.56 Å². The van der Waals surface area contributed by atoms with Crippen LogP contribution >= 0.6 is 0 Å². The number of aryl methyl sites for hydroxylation is 1. The first-order valence-corrected chi connectivity index (χ1v) is 6.77. The second-order valence-corrected chi connectivity index (χ2v) is 5.15. The summed E-state index contributed by atoms with van der Waals surface area (Å²) in [4.78, 5) is 21.6. The third kappa shape index (κ3) is 4.71. The van der Waals surface area contributed by atoms with Gasteiger partial charge in [0.25, 0.3) is 0 Å². The van der Waals surface area contributed by atoms with Gasteiger partial charge in [-0.25, -0.2) is 0 Å². The van der Waals surface area contributed by atoms with Gasteiger partial charge in [-0.2, -0.15) is 0 Å². The molecule has 1 aromatic carbocycles. The van der Waals surface area contributed by atoms with Crippen LogP contribution in [0.1, 0.15) is 32.3 Å². The van der Waals surface area contributed by atoms with Gasteiger partial charge < -0.3 is 16.2 Å². The van der Waals surface area contributed by atoms with Crippen LogP contribution in [0.4, 0.5) is 5.69 Å². The van der Waals surface area contributed by atoms with Crippen molar-refractivity contribution in [1.29, 1.82) is 0 Å². The minimum Gasteiger partial charge on any atom is -0.487 e. The summed E-state index contributed by atoms with van der Waals surface area (Å²) >= 11 is 0. The monoisotopic (exact) mass is 295 g/mol. The van der Waals surface area contributed by atoms with Crippen LogP contribution in [0.5, 0.6) is 5.75 Å². The summed E-state index contributed by atoms with van der Waals surface area (Å²) in [5.74, 6) is -0.365. The average molecular weight is 295 g/mol. The molecule has 7 heteroatoms. The van der Waals surface area contributed by atoms with Crippen molar-refractivity contribution in [3.63, 3.8) is 0 Å². The van der Waals surface area contributed by atoms with Crippen molar-refractivity contribution in [3.8, 4) is 5.75 Å². The van der Waals surface area contributed by atoms with E-state index in [9.17, 15) is 14.9 Å². The summed E-state index contributed by atoms with van der Waals surface area (Å²) < 4.78 is 5.42. The molecule has 0 aliphatic rings. The van der Waals surface area contributed by atoms with Crippen molar-refractivity contribution < 1.29 is 14.5 Å². The molecule has 116 valence electrons. The lowest BCUT2D eigenvalue weighted by Gasteiger charge is -2.20. The minimum absolute atomic E-state index is 0.0558. The number of nitrogens with zero attached hydrogens (tertiary/aromatic N) is 1. The van der Waals surface area contributed by atoms with Gasteiger partial charge in [0.05, 0.1) is 17.1 Å². The molecule has 0 saturated carbocycles.